The molecule has 0 aliphatic heterocycles. The SMILES string of the molecule is Cc1ccccc1COc1ccccc1C=NNC(N)=S. The summed E-state index contributed by atoms with van der Waals surface area (Å²) in [6.45, 7) is 2.58. The summed E-state index contributed by atoms with van der Waals surface area (Å²) >= 11 is 4.69. The first kappa shape index (κ1) is 15.0. The third-order valence-electron chi connectivity index (χ3n) is 2.94. The summed E-state index contributed by atoms with van der Waals surface area (Å²) in [5.74, 6) is 0.759. The van der Waals surface area contributed by atoms with Crippen LogP contribution in [-0.2, 0) is 6.61 Å². The summed E-state index contributed by atoms with van der Waals surface area (Å²) in [6.07, 6.45) is 1.63. The minimum Gasteiger partial charge on any atom is -0.488 e. The Balaban J connectivity index is 2.08. The van der Waals surface area contributed by atoms with Gasteiger partial charge in [-0.3, -0.25) is 5.43 Å². The number of ether oxygens (including phenoxy) is 1. The first-order valence-electron chi connectivity index (χ1n) is 6.51. The number of benzene rings is 2. The molecular formula is C16H17N3OS. The Kier molecular flexibility index (Phi) is 5.29. The molecule has 2 aromatic rings. The highest BCUT2D eigenvalue weighted by atomic mass is 32.1. The fourth-order valence-electron chi connectivity index (χ4n) is 1.81. The number of hydrogen-bond acceptors (Lipinski definition) is 3. The molecule has 0 spiro atoms. The quantitative estimate of drug-likeness (QED) is 0.506. The van der Waals surface area contributed by atoms with E-state index in [-0.39, 0.29) is 5.11 Å². The number of hydrogen-bond donors (Lipinski definition) is 2. The maximum Gasteiger partial charge on any atom is 0.184 e. The number of hydrazone groups is 1. The molecule has 0 aliphatic rings. The first-order chi connectivity index (χ1) is 10.2. The van der Waals surface area contributed by atoms with Gasteiger partial charge in [-0.15, -0.1) is 0 Å². The van der Waals surface area contributed by atoms with E-state index in [0.717, 1.165) is 16.9 Å². The monoisotopic (exact) mass is 299 g/mol. The third-order valence-corrected chi connectivity index (χ3v) is 3.03. The Labute approximate surface area is 129 Å². The summed E-state index contributed by atoms with van der Waals surface area (Å²) in [6, 6.07) is 15.8. The molecule has 0 atom stereocenters. The zero-order chi connectivity index (χ0) is 15.1. The number of para-hydroxylation sites is 1. The molecule has 0 aromatic heterocycles. The lowest BCUT2D eigenvalue weighted by Crippen LogP contribution is -2.24. The lowest BCUT2D eigenvalue weighted by molar-refractivity contribution is 0.305. The van der Waals surface area contributed by atoms with Crippen LogP contribution in [0.4, 0.5) is 0 Å². The maximum absolute atomic E-state index is 5.88. The number of nitrogens with zero attached hydrogens (tertiary/aromatic N) is 1. The van der Waals surface area contributed by atoms with E-state index in [9.17, 15) is 0 Å². The molecule has 3 N–H and O–H groups in total. The zero-order valence-corrected chi connectivity index (χ0v) is 12.6. The van der Waals surface area contributed by atoms with Gasteiger partial charge in [0.15, 0.2) is 5.11 Å². The van der Waals surface area contributed by atoms with Crippen LogP contribution in [0.5, 0.6) is 5.75 Å². The highest BCUT2D eigenvalue weighted by Crippen LogP contribution is 2.18. The van der Waals surface area contributed by atoms with Crippen molar-refractivity contribution < 1.29 is 4.74 Å². The van der Waals surface area contributed by atoms with Gasteiger partial charge in [0, 0.05) is 5.56 Å². The van der Waals surface area contributed by atoms with Gasteiger partial charge in [0.1, 0.15) is 12.4 Å². The van der Waals surface area contributed by atoms with Crippen molar-refractivity contribution in [3.63, 3.8) is 0 Å². The molecule has 108 valence electrons. The maximum atomic E-state index is 5.88. The van der Waals surface area contributed by atoms with Crippen LogP contribution >= 0.6 is 12.2 Å². The average molecular weight is 299 g/mol. The summed E-state index contributed by atoms with van der Waals surface area (Å²) in [4.78, 5) is 0. The molecule has 0 unspecified atom stereocenters. The van der Waals surface area contributed by atoms with Gasteiger partial charge in [0.25, 0.3) is 0 Å². The second-order valence-electron chi connectivity index (χ2n) is 4.49. The molecule has 0 heterocycles. The molecule has 0 amide bonds. The molecule has 0 radical (unpaired) electrons. The second-order valence-corrected chi connectivity index (χ2v) is 4.93. The summed E-state index contributed by atoms with van der Waals surface area (Å²) in [5.41, 5.74) is 11.1. The van der Waals surface area contributed by atoms with Crippen LogP contribution in [0.3, 0.4) is 0 Å². The van der Waals surface area contributed by atoms with Crippen molar-refractivity contribution >= 4 is 23.5 Å². The largest absolute Gasteiger partial charge is 0.488 e. The number of nitrogens with two attached hydrogens (primary N) is 1. The highest BCUT2D eigenvalue weighted by Gasteiger charge is 2.02. The van der Waals surface area contributed by atoms with E-state index in [1.807, 2.05) is 36.4 Å². The van der Waals surface area contributed by atoms with Crippen molar-refractivity contribution in [1.29, 1.82) is 0 Å². The van der Waals surface area contributed by atoms with E-state index in [1.165, 1.54) is 5.56 Å². The smallest absolute Gasteiger partial charge is 0.184 e. The van der Waals surface area contributed by atoms with Gasteiger partial charge >= 0.3 is 0 Å². The minimum atomic E-state index is 0.129. The predicted molar refractivity (Wildman–Crippen MR) is 89.5 cm³/mol. The van der Waals surface area contributed by atoms with Gasteiger partial charge in [-0.2, -0.15) is 5.10 Å². The van der Waals surface area contributed by atoms with Crippen LogP contribution in [0.25, 0.3) is 0 Å². The van der Waals surface area contributed by atoms with E-state index in [0.29, 0.717) is 6.61 Å². The molecule has 5 heteroatoms. The minimum absolute atomic E-state index is 0.129. The van der Waals surface area contributed by atoms with E-state index < -0.39 is 0 Å². The molecule has 0 aliphatic carbocycles. The lowest BCUT2D eigenvalue weighted by Gasteiger charge is -2.10. The van der Waals surface area contributed by atoms with Crippen molar-refractivity contribution in [2.45, 2.75) is 13.5 Å². The fraction of sp³-hybridized carbons (Fsp3) is 0.125. The standard InChI is InChI=1S/C16H17N3OS/c1-12-6-2-3-8-14(12)11-20-15-9-5-4-7-13(15)10-18-19-16(17)21/h2-10H,11H2,1H3,(H3,17,19,21). The number of nitrogens with one attached hydrogen (secondary N) is 1. The normalized spacial score (nSPS) is 10.5. The van der Waals surface area contributed by atoms with Crippen molar-refractivity contribution in [3.05, 3.63) is 65.2 Å². The van der Waals surface area contributed by atoms with Crippen molar-refractivity contribution in [3.8, 4) is 5.75 Å². The Morgan fingerprint density at radius 1 is 1.24 bits per heavy atom. The van der Waals surface area contributed by atoms with E-state index in [1.54, 1.807) is 6.21 Å². The molecule has 0 bridgehead atoms. The molecule has 21 heavy (non-hydrogen) atoms. The molecule has 2 rings (SSSR count). The van der Waals surface area contributed by atoms with Gasteiger partial charge in [-0.05, 0) is 42.4 Å². The Morgan fingerprint density at radius 2 is 1.95 bits per heavy atom. The average Bonchev–Trinajstić information content (AvgIpc) is 2.47. The summed E-state index contributed by atoms with van der Waals surface area (Å²) in [5, 5.41) is 4.08. The van der Waals surface area contributed by atoms with Gasteiger partial charge < -0.3 is 10.5 Å². The van der Waals surface area contributed by atoms with Gasteiger partial charge in [0.05, 0.1) is 6.21 Å². The van der Waals surface area contributed by atoms with Crippen LogP contribution in [0.1, 0.15) is 16.7 Å². The van der Waals surface area contributed by atoms with Gasteiger partial charge in [-0.25, -0.2) is 0 Å². The Hall–Kier alpha value is -2.40. The molecule has 0 saturated carbocycles. The highest BCUT2D eigenvalue weighted by molar-refractivity contribution is 7.80. The van der Waals surface area contributed by atoms with Gasteiger partial charge in [-0.1, -0.05) is 36.4 Å². The topological polar surface area (TPSA) is 59.6 Å². The summed E-state index contributed by atoms with van der Waals surface area (Å²) < 4.78 is 5.88. The molecular weight excluding hydrogens is 282 g/mol. The van der Waals surface area contributed by atoms with Crippen molar-refractivity contribution in [2.24, 2.45) is 10.8 Å². The van der Waals surface area contributed by atoms with Crippen molar-refractivity contribution in [2.75, 3.05) is 0 Å². The lowest BCUT2D eigenvalue weighted by atomic mass is 10.1. The fourth-order valence-corrected chi connectivity index (χ4v) is 1.86. The Bertz CT molecular complexity index is 655. The Morgan fingerprint density at radius 3 is 2.71 bits per heavy atom. The van der Waals surface area contributed by atoms with E-state index in [4.69, 9.17) is 22.7 Å². The van der Waals surface area contributed by atoms with E-state index >= 15 is 0 Å². The van der Waals surface area contributed by atoms with Crippen LogP contribution in [-0.4, -0.2) is 11.3 Å². The van der Waals surface area contributed by atoms with E-state index in [2.05, 4.69) is 29.6 Å². The molecule has 4 nitrogen and oxygen atoms in total. The first-order valence-corrected chi connectivity index (χ1v) is 6.92. The zero-order valence-electron chi connectivity index (χ0n) is 11.7. The van der Waals surface area contributed by atoms with Crippen LogP contribution in [0.2, 0.25) is 0 Å². The number of rotatable bonds is 5. The molecule has 0 fully saturated rings. The number of thiocarbonyl (C=S) groups is 1. The third kappa shape index (κ3) is 4.57. The summed E-state index contributed by atoms with van der Waals surface area (Å²) in [7, 11) is 0. The van der Waals surface area contributed by atoms with Crippen LogP contribution in [0.15, 0.2) is 53.6 Å². The number of aryl methyl sites for hydroxylation is 1. The van der Waals surface area contributed by atoms with Crippen LogP contribution < -0.4 is 15.9 Å². The molecule has 2 aromatic carbocycles. The van der Waals surface area contributed by atoms with Gasteiger partial charge in [0.2, 0.25) is 0 Å². The van der Waals surface area contributed by atoms with Crippen LogP contribution in [0, 0.1) is 6.92 Å². The van der Waals surface area contributed by atoms with Crippen molar-refractivity contribution in [1.82, 2.24) is 5.43 Å². The second kappa shape index (κ2) is 7.40. The predicted octanol–water partition coefficient (Wildman–Crippen LogP) is 2.74. The molecule has 0 saturated heterocycles.